The first-order valence-electron chi connectivity index (χ1n) is 7.19. The average molecular weight is 405 g/mol. The van der Waals surface area contributed by atoms with Crippen LogP contribution in [-0.4, -0.2) is 39.3 Å². The Labute approximate surface area is 154 Å². The molecule has 10 heteroatoms. The maximum absolute atomic E-state index is 12.3. The van der Waals surface area contributed by atoms with Gasteiger partial charge in [-0.25, -0.2) is 12.7 Å². The molecule has 0 heterocycles. The van der Waals surface area contributed by atoms with Gasteiger partial charge in [-0.2, -0.15) is 8.78 Å². The zero-order chi connectivity index (χ0) is 19.5. The van der Waals surface area contributed by atoms with Crippen LogP contribution in [0.4, 0.5) is 14.5 Å². The number of carbonyl (C=O) groups is 1. The summed E-state index contributed by atoms with van der Waals surface area (Å²) in [6, 6.07) is 9.27. The van der Waals surface area contributed by atoms with E-state index in [0.29, 0.717) is 0 Å². The number of amides is 1. The molecule has 0 atom stereocenters. The fourth-order valence-electron chi connectivity index (χ4n) is 1.98. The fraction of sp³-hybridized carbons (Fsp3) is 0.188. The number of rotatable bonds is 6. The zero-order valence-corrected chi connectivity index (χ0v) is 15.3. The standard InChI is InChI=1S/C16H15ClF2N2O4S/c1-21(2)26(23,24)12-5-3-4-10(8-12)15(22)20-11-6-7-14(13(17)9-11)25-16(18)19/h3-9,16H,1-2H3,(H,20,22). The molecule has 0 saturated heterocycles. The van der Waals surface area contributed by atoms with Gasteiger partial charge in [0, 0.05) is 25.3 Å². The number of hydrogen-bond donors (Lipinski definition) is 1. The van der Waals surface area contributed by atoms with Crippen LogP contribution in [-0.2, 0) is 10.0 Å². The van der Waals surface area contributed by atoms with Crippen molar-refractivity contribution in [1.82, 2.24) is 4.31 Å². The molecule has 0 radical (unpaired) electrons. The van der Waals surface area contributed by atoms with Gasteiger partial charge in [0.25, 0.3) is 5.91 Å². The first-order chi connectivity index (χ1) is 12.1. The van der Waals surface area contributed by atoms with Gasteiger partial charge in [-0.05, 0) is 36.4 Å². The Morgan fingerprint density at radius 1 is 1.19 bits per heavy atom. The third-order valence-electron chi connectivity index (χ3n) is 3.28. The summed E-state index contributed by atoms with van der Waals surface area (Å²) in [4.78, 5) is 12.3. The number of halogens is 3. The Kier molecular flexibility index (Phi) is 6.17. The fourth-order valence-corrected chi connectivity index (χ4v) is 3.16. The van der Waals surface area contributed by atoms with Crippen LogP contribution in [0.2, 0.25) is 5.02 Å². The van der Waals surface area contributed by atoms with E-state index in [2.05, 4.69) is 10.1 Å². The number of nitrogens with zero attached hydrogens (tertiary/aromatic N) is 1. The van der Waals surface area contributed by atoms with Crippen LogP contribution in [0.25, 0.3) is 0 Å². The minimum Gasteiger partial charge on any atom is -0.433 e. The van der Waals surface area contributed by atoms with Crippen LogP contribution in [0.3, 0.4) is 0 Å². The molecule has 0 aromatic heterocycles. The highest BCUT2D eigenvalue weighted by atomic mass is 35.5. The van der Waals surface area contributed by atoms with Crippen LogP contribution >= 0.6 is 11.6 Å². The van der Waals surface area contributed by atoms with Crippen molar-refractivity contribution >= 4 is 33.2 Å². The molecular weight excluding hydrogens is 390 g/mol. The van der Waals surface area contributed by atoms with Gasteiger partial charge in [0.05, 0.1) is 9.92 Å². The molecule has 0 bridgehead atoms. The number of carbonyl (C=O) groups excluding carboxylic acids is 1. The van der Waals surface area contributed by atoms with E-state index in [4.69, 9.17) is 11.6 Å². The second-order valence-corrected chi connectivity index (χ2v) is 7.85. The van der Waals surface area contributed by atoms with Crippen molar-refractivity contribution in [3.63, 3.8) is 0 Å². The van der Waals surface area contributed by atoms with Gasteiger partial charge in [0.1, 0.15) is 5.75 Å². The molecule has 6 nitrogen and oxygen atoms in total. The summed E-state index contributed by atoms with van der Waals surface area (Å²) in [5.74, 6) is -0.807. The van der Waals surface area contributed by atoms with E-state index in [1.165, 1.54) is 56.6 Å². The van der Waals surface area contributed by atoms with E-state index in [-0.39, 0.29) is 26.9 Å². The van der Waals surface area contributed by atoms with Crippen molar-refractivity contribution in [2.75, 3.05) is 19.4 Å². The highest BCUT2D eigenvalue weighted by Gasteiger charge is 2.19. The van der Waals surface area contributed by atoms with E-state index >= 15 is 0 Å². The predicted octanol–water partition coefficient (Wildman–Crippen LogP) is 3.44. The van der Waals surface area contributed by atoms with Gasteiger partial charge in [-0.15, -0.1) is 0 Å². The summed E-state index contributed by atoms with van der Waals surface area (Å²) in [5.41, 5.74) is 0.347. The molecular formula is C16H15ClF2N2O4S. The number of benzene rings is 2. The molecule has 26 heavy (non-hydrogen) atoms. The van der Waals surface area contributed by atoms with Gasteiger partial charge in [-0.3, -0.25) is 4.79 Å². The summed E-state index contributed by atoms with van der Waals surface area (Å²) in [6.07, 6.45) is 0. The topological polar surface area (TPSA) is 75.7 Å². The molecule has 0 saturated carbocycles. The molecule has 1 amide bonds. The summed E-state index contributed by atoms with van der Waals surface area (Å²) < 4.78 is 54.0. The molecule has 0 aliphatic carbocycles. The van der Waals surface area contributed by atoms with E-state index in [0.717, 1.165) is 4.31 Å². The van der Waals surface area contributed by atoms with Crippen LogP contribution in [0, 0.1) is 0 Å². The van der Waals surface area contributed by atoms with Gasteiger partial charge < -0.3 is 10.1 Å². The molecule has 2 rings (SSSR count). The van der Waals surface area contributed by atoms with Gasteiger partial charge in [0.15, 0.2) is 0 Å². The summed E-state index contributed by atoms with van der Waals surface area (Å²) in [5, 5.41) is 2.41. The van der Waals surface area contributed by atoms with Crippen LogP contribution in [0.1, 0.15) is 10.4 Å². The monoisotopic (exact) mass is 404 g/mol. The second kappa shape index (κ2) is 7.98. The highest BCUT2D eigenvalue weighted by Crippen LogP contribution is 2.29. The number of sulfonamides is 1. The van der Waals surface area contributed by atoms with Crippen LogP contribution in [0.5, 0.6) is 5.75 Å². The second-order valence-electron chi connectivity index (χ2n) is 5.29. The number of ether oxygens (including phenoxy) is 1. The first kappa shape index (κ1) is 20.1. The lowest BCUT2D eigenvalue weighted by Gasteiger charge is -2.13. The van der Waals surface area contributed by atoms with E-state index < -0.39 is 22.5 Å². The van der Waals surface area contributed by atoms with Gasteiger partial charge >= 0.3 is 6.61 Å². The highest BCUT2D eigenvalue weighted by molar-refractivity contribution is 7.89. The normalized spacial score (nSPS) is 11.7. The first-order valence-corrected chi connectivity index (χ1v) is 9.01. The molecule has 140 valence electrons. The SMILES string of the molecule is CN(C)S(=O)(=O)c1cccc(C(=O)Nc2ccc(OC(F)F)c(Cl)c2)c1. The van der Waals surface area contributed by atoms with Crippen molar-refractivity contribution in [1.29, 1.82) is 0 Å². The third kappa shape index (κ3) is 4.69. The number of anilines is 1. The van der Waals surface area contributed by atoms with Gasteiger partial charge in [-0.1, -0.05) is 17.7 Å². The Bertz CT molecular complexity index is 920. The Morgan fingerprint density at radius 2 is 1.88 bits per heavy atom. The summed E-state index contributed by atoms with van der Waals surface area (Å²) in [7, 11) is -0.921. The number of hydrogen-bond acceptors (Lipinski definition) is 4. The van der Waals surface area contributed by atoms with Crippen LogP contribution < -0.4 is 10.1 Å². The van der Waals surface area contributed by atoms with Crippen molar-refractivity contribution in [2.24, 2.45) is 0 Å². The zero-order valence-electron chi connectivity index (χ0n) is 13.7. The molecule has 0 spiro atoms. The van der Waals surface area contributed by atoms with Crippen LogP contribution in [0.15, 0.2) is 47.4 Å². The molecule has 0 unspecified atom stereocenters. The number of alkyl halides is 2. The maximum Gasteiger partial charge on any atom is 0.387 e. The van der Waals surface area contributed by atoms with Crippen molar-refractivity contribution in [3.05, 3.63) is 53.1 Å². The van der Waals surface area contributed by atoms with Crippen molar-refractivity contribution in [2.45, 2.75) is 11.5 Å². The van der Waals surface area contributed by atoms with E-state index in [1.807, 2.05) is 0 Å². The van der Waals surface area contributed by atoms with Gasteiger partial charge in [0.2, 0.25) is 10.0 Å². The maximum atomic E-state index is 12.3. The minimum absolute atomic E-state index is 0.0335. The number of nitrogens with one attached hydrogen (secondary N) is 1. The largest absolute Gasteiger partial charge is 0.433 e. The molecule has 0 aliphatic rings. The van der Waals surface area contributed by atoms with Crippen molar-refractivity contribution in [3.8, 4) is 5.75 Å². The lowest BCUT2D eigenvalue weighted by molar-refractivity contribution is -0.0497. The average Bonchev–Trinajstić information content (AvgIpc) is 2.57. The molecule has 0 aliphatic heterocycles. The lowest BCUT2D eigenvalue weighted by Crippen LogP contribution is -2.22. The summed E-state index contributed by atoms with van der Waals surface area (Å²) in [6.45, 7) is -3.02. The Hall–Kier alpha value is -2.23. The Morgan fingerprint density at radius 3 is 2.46 bits per heavy atom. The predicted molar refractivity (Wildman–Crippen MR) is 93.4 cm³/mol. The summed E-state index contributed by atoms with van der Waals surface area (Å²) >= 11 is 5.83. The molecule has 2 aromatic rings. The Balaban J connectivity index is 2.22. The quantitative estimate of drug-likeness (QED) is 0.800. The third-order valence-corrected chi connectivity index (χ3v) is 5.39. The minimum atomic E-state index is -3.69. The van der Waals surface area contributed by atoms with E-state index in [1.54, 1.807) is 0 Å². The van der Waals surface area contributed by atoms with Crippen molar-refractivity contribution < 1.29 is 26.7 Å². The molecule has 0 fully saturated rings. The molecule has 2 aromatic carbocycles. The molecule has 1 N–H and O–H groups in total. The van der Waals surface area contributed by atoms with E-state index in [9.17, 15) is 22.0 Å². The smallest absolute Gasteiger partial charge is 0.387 e. The lowest BCUT2D eigenvalue weighted by atomic mass is 10.2.